The van der Waals surface area contributed by atoms with E-state index in [1.165, 1.54) is 27.8 Å². The molecule has 0 aliphatic carbocycles. The SMILES string of the molecule is O=C(c1ccc(C2SCCCS2)cc1)N1CCN(S(=O)(=O)c2ccc3ccccc3c2)CC1. The van der Waals surface area contributed by atoms with Crippen molar-refractivity contribution in [3.8, 4) is 0 Å². The molecule has 3 aromatic rings. The number of hydrogen-bond donors (Lipinski definition) is 0. The Hall–Kier alpha value is -2.00. The number of carbonyl (C=O) groups is 1. The number of carbonyl (C=O) groups excluding carboxylic acids is 1. The van der Waals surface area contributed by atoms with Gasteiger partial charge in [-0.15, -0.1) is 23.5 Å². The fraction of sp³-hybridized carbons (Fsp3) is 0.320. The molecule has 0 bridgehead atoms. The van der Waals surface area contributed by atoms with Crippen molar-refractivity contribution < 1.29 is 13.2 Å². The summed E-state index contributed by atoms with van der Waals surface area (Å²) in [6, 6.07) is 20.9. The summed E-state index contributed by atoms with van der Waals surface area (Å²) in [6.07, 6.45) is 1.25. The molecule has 0 unspecified atom stereocenters. The molecule has 2 aliphatic rings. The molecule has 5 nitrogen and oxygen atoms in total. The number of piperazine rings is 1. The van der Waals surface area contributed by atoms with Gasteiger partial charge in [-0.2, -0.15) is 4.31 Å². The smallest absolute Gasteiger partial charge is 0.253 e. The number of thioether (sulfide) groups is 2. The zero-order valence-electron chi connectivity index (χ0n) is 18.2. The maximum atomic E-state index is 13.2. The van der Waals surface area contributed by atoms with Crippen LogP contribution in [0.1, 0.15) is 26.9 Å². The Morgan fingerprint density at radius 1 is 0.818 bits per heavy atom. The molecule has 2 saturated heterocycles. The van der Waals surface area contributed by atoms with Gasteiger partial charge in [-0.1, -0.05) is 42.5 Å². The highest BCUT2D eigenvalue weighted by Gasteiger charge is 2.30. The molecule has 8 heteroatoms. The Balaban J connectivity index is 1.24. The maximum Gasteiger partial charge on any atom is 0.253 e. The van der Waals surface area contributed by atoms with Crippen molar-refractivity contribution >= 4 is 50.2 Å². The third kappa shape index (κ3) is 4.80. The largest absolute Gasteiger partial charge is 0.336 e. The first-order valence-corrected chi connectivity index (χ1v) is 14.7. The first-order valence-electron chi connectivity index (χ1n) is 11.1. The first-order chi connectivity index (χ1) is 16.0. The molecule has 0 aromatic heterocycles. The van der Waals surface area contributed by atoms with Crippen LogP contribution < -0.4 is 0 Å². The molecule has 33 heavy (non-hydrogen) atoms. The van der Waals surface area contributed by atoms with E-state index in [9.17, 15) is 13.2 Å². The summed E-state index contributed by atoms with van der Waals surface area (Å²) in [5, 5.41) is 1.92. The van der Waals surface area contributed by atoms with E-state index in [1.54, 1.807) is 17.0 Å². The van der Waals surface area contributed by atoms with Crippen molar-refractivity contribution in [3.63, 3.8) is 0 Å². The molecule has 2 aliphatic heterocycles. The number of hydrogen-bond acceptors (Lipinski definition) is 5. The van der Waals surface area contributed by atoms with Gasteiger partial charge in [-0.3, -0.25) is 4.79 Å². The van der Waals surface area contributed by atoms with E-state index in [4.69, 9.17) is 0 Å². The van der Waals surface area contributed by atoms with E-state index in [0.717, 1.165) is 10.8 Å². The van der Waals surface area contributed by atoms with Crippen LogP contribution >= 0.6 is 23.5 Å². The van der Waals surface area contributed by atoms with Gasteiger partial charge < -0.3 is 4.90 Å². The van der Waals surface area contributed by atoms with Crippen molar-refractivity contribution in [2.24, 2.45) is 0 Å². The predicted molar refractivity (Wildman–Crippen MR) is 137 cm³/mol. The maximum absolute atomic E-state index is 13.2. The quantitative estimate of drug-likeness (QED) is 0.514. The molecule has 0 radical (unpaired) electrons. The highest BCUT2D eigenvalue weighted by atomic mass is 32.2. The van der Waals surface area contributed by atoms with Gasteiger partial charge in [0.25, 0.3) is 5.91 Å². The van der Waals surface area contributed by atoms with E-state index >= 15 is 0 Å². The molecule has 5 rings (SSSR count). The van der Waals surface area contributed by atoms with Crippen LogP contribution in [0.2, 0.25) is 0 Å². The summed E-state index contributed by atoms with van der Waals surface area (Å²) in [5.41, 5.74) is 1.92. The number of benzene rings is 3. The van der Waals surface area contributed by atoms with Gasteiger partial charge in [0.15, 0.2) is 0 Å². The molecule has 1 amide bonds. The van der Waals surface area contributed by atoms with Crippen LogP contribution in [0.15, 0.2) is 71.6 Å². The Morgan fingerprint density at radius 2 is 1.48 bits per heavy atom. The van der Waals surface area contributed by atoms with Gasteiger partial charge in [0.05, 0.1) is 9.48 Å². The molecule has 2 heterocycles. The second kappa shape index (κ2) is 9.70. The summed E-state index contributed by atoms with van der Waals surface area (Å²) in [7, 11) is -3.59. The zero-order valence-corrected chi connectivity index (χ0v) is 20.7. The van der Waals surface area contributed by atoms with E-state index in [1.807, 2.05) is 66.0 Å². The third-order valence-corrected chi connectivity index (χ3v) is 11.1. The molecule has 2 fully saturated rings. The molecule has 3 aromatic carbocycles. The third-order valence-electron chi connectivity index (χ3n) is 6.14. The number of nitrogens with zero attached hydrogens (tertiary/aromatic N) is 2. The number of rotatable bonds is 4. The van der Waals surface area contributed by atoms with Gasteiger partial charge in [0.1, 0.15) is 0 Å². The molecule has 0 N–H and O–H groups in total. The van der Waals surface area contributed by atoms with Gasteiger partial charge in [0.2, 0.25) is 10.0 Å². The summed E-state index contributed by atoms with van der Waals surface area (Å²) >= 11 is 3.93. The summed E-state index contributed by atoms with van der Waals surface area (Å²) < 4.78 is 28.3. The van der Waals surface area contributed by atoms with Gasteiger partial charge in [-0.25, -0.2) is 8.42 Å². The summed E-state index contributed by atoms with van der Waals surface area (Å²) in [5.74, 6) is 2.34. The van der Waals surface area contributed by atoms with Crippen LogP contribution in [-0.4, -0.2) is 61.2 Å². The first kappa shape index (κ1) is 22.8. The minimum atomic E-state index is -3.59. The van der Waals surface area contributed by atoms with Gasteiger partial charge in [0, 0.05) is 31.7 Å². The molecule has 172 valence electrons. The van der Waals surface area contributed by atoms with Gasteiger partial charge in [-0.05, 0) is 58.5 Å². The average molecular weight is 499 g/mol. The molecule has 0 atom stereocenters. The number of amides is 1. The topological polar surface area (TPSA) is 57.7 Å². The highest BCUT2D eigenvalue weighted by molar-refractivity contribution is 8.16. The van der Waals surface area contributed by atoms with Crippen LogP contribution in [0.5, 0.6) is 0 Å². The Morgan fingerprint density at radius 3 is 2.18 bits per heavy atom. The average Bonchev–Trinajstić information content (AvgIpc) is 2.88. The van der Waals surface area contributed by atoms with Crippen molar-refractivity contribution in [1.29, 1.82) is 0 Å². The summed E-state index contributed by atoms with van der Waals surface area (Å²) in [6.45, 7) is 1.38. The molecule has 0 saturated carbocycles. The van der Waals surface area contributed by atoms with Crippen LogP contribution in [0.25, 0.3) is 10.8 Å². The van der Waals surface area contributed by atoms with E-state index in [0.29, 0.717) is 41.2 Å². The summed E-state index contributed by atoms with van der Waals surface area (Å²) in [4.78, 5) is 15.1. The lowest BCUT2D eigenvalue weighted by atomic mass is 10.1. The zero-order chi connectivity index (χ0) is 22.8. The van der Waals surface area contributed by atoms with E-state index < -0.39 is 10.0 Å². The normalized spacial score (nSPS) is 18.5. The second-order valence-electron chi connectivity index (χ2n) is 8.25. The van der Waals surface area contributed by atoms with Crippen molar-refractivity contribution in [3.05, 3.63) is 77.9 Å². The van der Waals surface area contributed by atoms with Crippen LogP contribution in [-0.2, 0) is 10.0 Å². The minimum absolute atomic E-state index is 0.0340. The molecule has 0 spiro atoms. The molecular weight excluding hydrogens is 472 g/mol. The Kier molecular flexibility index (Phi) is 6.69. The Labute approximate surface area is 203 Å². The van der Waals surface area contributed by atoms with Gasteiger partial charge >= 0.3 is 0 Å². The number of sulfonamides is 1. The fourth-order valence-corrected chi connectivity index (χ4v) is 8.61. The lowest BCUT2D eigenvalue weighted by Gasteiger charge is -2.34. The predicted octanol–water partition coefficient (Wildman–Crippen LogP) is 4.86. The lowest BCUT2D eigenvalue weighted by molar-refractivity contribution is 0.0698. The van der Waals surface area contributed by atoms with E-state index in [-0.39, 0.29) is 5.91 Å². The monoisotopic (exact) mass is 498 g/mol. The highest BCUT2D eigenvalue weighted by Crippen LogP contribution is 2.43. The van der Waals surface area contributed by atoms with Crippen LogP contribution in [0.4, 0.5) is 0 Å². The van der Waals surface area contributed by atoms with Crippen LogP contribution in [0.3, 0.4) is 0 Å². The van der Waals surface area contributed by atoms with Crippen molar-refractivity contribution in [1.82, 2.24) is 9.21 Å². The van der Waals surface area contributed by atoms with Crippen molar-refractivity contribution in [2.75, 3.05) is 37.7 Å². The van der Waals surface area contributed by atoms with E-state index in [2.05, 4.69) is 12.1 Å². The minimum Gasteiger partial charge on any atom is -0.336 e. The lowest BCUT2D eigenvalue weighted by Crippen LogP contribution is -2.50. The fourth-order valence-electron chi connectivity index (χ4n) is 4.25. The van der Waals surface area contributed by atoms with Crippen molar-refractivity contribution in [2.45, 2.75) is 15.9 Å². The number of fused-ring (bicyclic) bond motifs is 1. The second-order valence-corrected chi connectivity index (χ2v) is 12.9. The van der Waals surface area contributed by atoms with Crippen LogP contribution in [0, 0.1) is 0 Å². The standard InChI is InChI=1S/C25H26N2O3S3/c28-24(20-6-8-21(9-7-20)25-31-16-3-17-32-25)26-12-14-27(15-13-26)33(29,30)23-11-10-19-4-1-2-5-22(19)18-23/h1-2,4-11,18,25H,3,12-17H2. The molecular formula is C25H26N2O3S3. The Bertz CT molecular complexity index is 1250.